The van der Waals surface area contributed by atoms with E-state index in [0.29, 0.717) is 12.1 Å². The lowest BCUT2D eigenvalue weighted by molar-refractivity contribution is -0.137. The molecule has 130 valence electrons. The highest BCUT2D eigenvalue weighted by Gasteiger charge is 2.08. The van der Waals surface area contributed by atoms with Crippen molar-refractivity contribution in [2.24, 2.45) is 0 Å². The Balaban J connectivity index is 0.00000529. The van der Waals surface area contributed by atoms with Gasteiger partial charge in [0.2, 0.25) is 0 Å². The first kappa shape index (κ1) is 19.0. The Morgan fingerprint density at radius 3 is 2.09 bits per heavy atom. The van der Waals surface area contributed by atoms with Crippen LogP contribution in [0, 0.1) is 0 Å². The third kappa shape index (κ3) is 8.86. The van der Waals surface area contributed by atoms with Crippen molar-refractivity contribution in [1.29, 1.82) is 0 Å². The second kappa shape index (κ2) is 11.5. The fourth-order valence-corrected chi connectivity index (χ4v) is 2.42. The Bertz CT molecular complexity index is 494. The van der Waals surface area contributed by atoms with E-state index in [1.54, 1.807) is 18.2 Å². The minimum Gasteiger partial charge on any atom is -0.507 e. The summed E-state index contributed by atoms with van der Waals surface area (Å²) in [5.74, 6) is -0.940. The number of amides is 1. The molecule has 1 aromatic rings. The highest BCUT2D eigenvalue weighted by Crippen LogP contribution is 2.15. The second-order valence-electron chi connectivity index (χ2n) is 5.75. The molecule has 0 spiro atoms. The Morgan fingerprint density at radius 1 is 0.913 bits per heavy atom. The smallest absolute Gasteiger partial charge is 0.303 e. The van der Waals surface area contributed by atoms with E-state index in [1.165, 1.54) is 6.07 Å². The van der Waals surface area contributed by atoms with E-state index in [-0.39, 0.29) is 19.5 Å². The van der Waals surface area contributed by atoms with Gasteiger partial charge in [-0.3, -0.25) is 9.59 Å². The van der Waals surface area contributed by atoms with Crippen LogP contribution in [0.3, 0.4) is 0 Å². The molecule has 0 aliphatic heterocycles. The molecular weight excluding hydrogens is 294 g/mol. The SMILES string of the molecule is O=C(O)CCCCCCCCCCNC(=O)c1ccccc1O.[HH]. The van der Waals surface area contributed by atoms with Gasteiger partial charge >= 0.3 is 5.97 Å². The van der Waals surface area contributed by atoms with Crippen molar-refractivity contribution in [2.75, 3.05) is 6.54 Å². The molecule has 5 nitrogen and oxygen atoms in total. The lowest BCUT2D eigenvalue weighted by Gasteiger charge is -2.06. The average molecular weight is 323 g/mol. The molecule has 1 amide bonds. The summed E-state index contributed by atoms with van der Waals surface area (Å²) in [6, 6.07) is 6.53. The van der Waals surface area contributed by atoms with Gasteiger partial charge in [0.15, 0.2) is 0 Å². The van der Waals surface area contributed by atoms with E-state index in [1.807, 2.05) is 0 Å². The molecule has 0 bridgehead atoms. The summed E-state index contributed by atoms with van der Waals surface area (Å²) in [5.41, 5.74) is 0.314. The van der Waals surface area contributed by atoms with Crippen LogP contribution in [-0.2, 0) is 4.79 Å². The Hall–Kier alpha value is -2.04. The standard InChI is InChI=1S/C18H27NO4.H2/c20-16-12-9-8-11-15(16)18(23)19-14-10-6-4-2-1-3-5-7-13-17(21)22;/h8-9,11-12,20H,1-7,10,13-14H2,(H,19,23)(H,21,22);1H. The first-order chi connectivity index (χ1) is 11.1. The molecular formula is C18H29NO4. The van der Waals surface area contributed by atoms with Crippen molar-refractivity contribution in [3.05, 3.63) is 29.8 Å². The number of nitrogens with one attached hydrogen (secondary N) is 1. The van der Waals surface area contributed by atoms with Crippen molar-refractivity contribution in [3.8, 4) is 5.75 Å². The van der Waals surface area contributed by atoms with Crippen LogP contribution in [0.1, 0.15) is 69.6 Å². The number of benzene rings is 1. The summed E-state index contributed by atoms with van der Waals surface area (Å²) in [6.07, 6.45) is 8.55. The van der Waals surface area contributed by atoms with Crippen molar-refractivity contribution in [2.45, 2.75) is 57.8 Å². The number of hydrogen-bond acceptors (Lipinski definition) is 3. The van der Waals surface area contributed by atoms with Gasteiger partial charge in [-0.25, -0.2) is 0 Å². The average Bonchev–Trinajstić information content (AvgIpc) is 2.52. The molecule has 1 rings (SSSR count). The topological polar surface area (TPSA) is 86.6 Å². The molecule has 0 heterocycles. The van der Waals surface area contributed by atoms with E-state index in [0.717, 1.165) is 51.4 Å². The predicted octanol–water partition coefficient (Wildman–Crippen LogP) is 3.96. The van der Waals surface area contributed by atoms with Crippen molar-refractivity contribution >= 4 is 11.9 Å². The fourth-order valence-electron chi connectivity index (χ4n) is 2.42. The third-order valence-corrected chi connectivity index (χ3v) is 3.75. The quantitative estimate of drug-likeness (QED) is 0.508. The molecule has 1 aromatic carbocycles. The number of hydrogen-bond donors (Lipinski definition) is 3. The number of carboxylic acids is 1. The largest absolute Gasteiger partial charge is 0.507 e. The van der Waals surface area contributed by atoms with Gasteiger partial charge in [0, 0.05) is 14.4 Å². The number of rotatable bonds is 12. The first-order valence-electron chi connectivity index (χ1n) is 8.39. The number of carbonyl (C=O) groups is 2. The third-order valence-electron chi connectivity index (χ3n) is 3.75. The maximum atomic E-state index is 11.8. The van der Waals surface area contributed by atoms with Crippen LogP contribution in [0.2, 0.25) is 0 Å². The minimum atomic E-state index is -0.712. The maximum absolute atomic E-state index is 11.8. The lowest BCUT2D eigenvalue weighted by Crippen LogP contribution is -2.24. The molecule has 0 saturated heterocycles. The highest BCUT2D eigenvalue weighted by atomic mass is 16.4. The van der Waals surface area contributed by atoms with Gasteiger partial charge < -0.3 is 15.5 Å². The number of carbonyl (C=O) groups excluding carboxylic acids is 1. The monoisotopic (exact) mass is 323 g/mol. The van der Waals surface area contributed by atoms with Gasteiger partial charge in [0.25, 0.3) is 5.91 Å². The maximum Gasteiger partial charge on any atom is 0.303 e. The van der Waals surface area contributed by atoms with Gasteiger partial charge in [-0.15, -0.1) is 0 Å². The molecule has 0 aromatic heterocycles. The van der Waals surface area contributed by atoms with Gasteiger partial charge in [0.1, 0.15) is 5.75 Å². The van der Waals surface area contributed by atoms with Gasteiger partial charge in [-0.2, -0.15) is 0 Å². The number of unbranched alkanes of at least 4 members (excludes halogenated alkanes) is 7. The molecule has 5 heteroatoms. The summed E-state index contributed by atoms with van der Waals surface area (Å²) in [4.78, 5) is 22.2. The molecule has 3 N–H and O–H groups in total. The van der Waals surface area contributed by atoms with Gasteiger partial charge in [0.05, 0.1) is 5.56 Å². The zero-order valence-electron chi connectivity index (χ0n) is 13.6. The van der Waals surface area contributed by atoms with Crippen LogP contribution < -0.4 is 5.32 Å². The zero-order valence-corrected chi connectivity index (χ0v) is 13.6. The number of phenolic OH excluding ortho intramolecular Hbond substituents is 1. The molecule has 0 aliphatic rings. The molecule has 0 atom stereocenters. The number of aromatic hydroxyl groups is 1. The number of aliphatic carboxylic acids is 1. The van der Waals surface area contributed by atoms with Crippen molar-refractivity contribution in [1.82, 2.24) is 5.32 Å². The van der Waals surface area contributed by atoms with E-state index in [4.69, 9.17) is 5.11 Å². The Labute approximate surface area is 139 Å². The molecule has 0 saturated carbocycles. The van der Waals surface area contributed by atoms with Crippen molar-refractivity contribution in [3.63, 3.8) is 0 Å². The number of para-hydroxylation sites is 1. The normalized spacial score (nSPS) is 10.4. The summed E-state index contributed by atoms with van der Waals surface area (Å²) in [5, 5.41) is 20.9. The van der Waals surface area contributed by atoms with E-state index in [2.05, 4.69) is 5.32 Å². The predicted molar refractivity (Wildman–Crippen MR) is 91.7 cm³/mol. The fraction of sp³-hybridized carbons (Fsp3) is 0.556. The molecule has 0 unspecified atom stereocenters. The number of carboxylic acid groups (broad SMARTS) is 1. The molecule has 0 fully saturated rings. The van der Waals surface area contributed by atoms with Gasteiger partial charge in [-0.1, -0.05) is 50.7 Å². The summed E-state index contributed by atoms with van der Waals surface area (Å²) < 4.78 is 0. The van der Waals surface area contributed by atoms with Crippen LogP contribution in [0.25, 0.3) is 0 Å². The lowest BCUT2D eigenvalue weighted by atomic mass is 10.1. The van der Waals surface area contributed by atoms with E-state index >= 15 is 0 Å². The summed E-state index contributed by atoms with van der Waals surface area (Å²) in [7, 11) is 0. The molecule has 23 heavy (non-hydrogen) atoms. The highest BCUT2D eigenvalue weighted by molar-refractivity contribution is 5.96. The Morgan fingerprint density at radius 2 is 1.48 bits per heavy atom. The number of phenols is 1. The van der Waals surface area contributed by atoms with E-state index in [9.17, 15) is 14.7 Å². The van der Waals surface area contributed by atoms with Crippen LogP contribution in [0.4, 0.5) is 0 Å². The van der Waals surface area contributed by atoms with Crippen LogP contribution in [-0.4, -0.2) is 28.6 Å². The van der Waals surface area contributed by atoms with Gasteiger partial charge in [-0.05, 0) is 25.0 Å². The van der Waals surface area contributed by atoms with E-state index < -0.39 is 5.97 Å². The summed E-state index contributed by atoms with van der Waals surface area (Å²) >= 11 is 0. The zero-order chi connectivity index (χ0) is 16.9. The Kier molecular flexibility index (Phi) is 9.52. The minimum absolute atomic E-state index is 0. The summed E-state index contributed by atoms with van der Waals surface area (Å²) in [6.45, 7) is 0.617. The second-order valence-corrected chi connectivity index (χ2v) is 5.75. The van der Waals surface area contributed by atoms with Crippen molar-refractivity contribution < 1.29 is 21.2 Å². The van der Waals surface area contributed by atoms with Crippen LogP contribution in [0.5, 0.6) is 5.75 Å². The molecule has 0 aliphatic carbocycles. The molecule has 0 radical (unpaired) electrons. The van der Waals surface area contributed by atoms with Crippen LogP contribution in [0.15, 0.2) is 24.3 Å². The first-order valence-corrected chi connectivity index (χ1v) is 8.39. The van der Waals surface area contributed by atoms with Crippen LogP contribution >= 0.6 is 0 Å².